The van der Waals surface area contributed by atoms with Crippen molar-refractivity contribution < 1.29 is 4.79 Å². The number of nitrogens with zero attached hydrogens (tertiary/aromatic N) is 1. The van der Waals surface area contributed by atoms with Crippen LogP contribution in [0.3, 0.4) is 0 Å². The zero-order valence-corrected chi connectivity index (χ0v) is 13.4. The van der Waals surface area contributed by atoms with E-state index in [4.69, 9.17) is 0 Å². The Morgan fingerprint density at radius 2 is 1.90 bits per heavy atom. The molecular formula is C17H18BrNO. The molecule has 20 heavy (non-hydrogen) atoms. The molecule has 2 nitrogen and oxygen atoms in total. The Bertz CT molecular complexity index is 609. The summed E-state index contributed by atoms with van der Waals surface area (Å²) in [5, 5.41) is 0. The van der Waals surface area contributed by atoms with Crippen molar-refractivity contribution in [2.45, 2.75) is 20.3 Å². The predicted molar refractivity (Wildman–Crippen MR) is 87.3 cm³/mol. The lowest BCUT2D eigenvalue weighted by atomic mass is 10.1. The van der Waals surface area contributed by atoms with Gasteiger partial charge in [0.1, 0.15) is 0 Å². The summed E-state index contributed by atoms with van der Waals surface area (Å²) < 4.78 is 0.920. The van der Waals surface area contributed by atoms with Crippen LogP contribution in [0.25, 0.3) is 0 Å². The second-order valence-corrected chi connectivity index (χ2v) is 5.72. The molecule has 0 saturated carbocycles. The second kappa shape index (κ2) is 6.71. The number of rotatable bonds is 4. The van der Waals surface area contributed by atoms with Crippen LogP contribution in [0.5, 0.6) is 0 Å². The van der Waals surface area contributed by atoms with Crippen LogP contribution in [0.15, 0.2) is 53.0 Å². The van der Waals surface area contributed by atoms with Gasteiger partial charge in [0.05, 0.1) is 0 Å². The van der Waals surface area contributed by atoms with Crippen molar-refractivity contribution in [3.63, 3.8) is 0 Å². The molecule has 3 heteroatoms. The number of anilines is 1. The SMILES string of the molecule is CCCN(C(=O)c1cccc(Br)c1)c1cccc(C)c1. The van der Waals surface area contributed by atoms with E-state index in [0.717, 1.165) is 28.7 Å². The van der Waals surface area contributed by atoms with Gasteiger partial charge in [-0.1, -0.05) is 41.1 Å². The summed E-state index contributed by atoms with van der Waals surface area (Å²) in [5.74, 6) is 0.0405. The van der Waals surface area contributed by atoms with Crippen LogP contribution in [0.4, 0.5) is 5.69 Å². The monoisotopic (exact) mass is 331 g/mol. The number of hydrogen-bond acceptors (Lipinski definition) is 1. The molecule has 0 fully saturated rings. The van der Waals surface area contributed by atoms with E-state index in [1.54, 1.807) is 0 Å². The van der Waals surface area contributed by atoms with Gasteiger partial charge >= 0.3 is 0 Å². The Balaban J connectivity index is 2.35. The zero-order valence-electron chi connectivity index (χ0n) is 11.8. The van der Waals surface area contributed by atoms with Gasteiger partial charge in [-0.3, -0.25) is 4.79 Å². The van der Waals surface area contributed by atoms with Crippen molar-refractivity contribution in [3.8, 4) is 0 Å². The number of carbonyl (C=O) groups is 1. The lowest BCUT2D eigenvalue weighted by Gasteiger charge is -2.23. The topological polar surface area (TPSA) is 20.3 Å². The summed E-state index contributed by atoms with van der Waals surface area (Å²) in [7, 11) is 0. The first-order valence-electron chi connectivity index (χ1n) is 6.76. The van der Waals surface area contributed by atoms with E-state index in [1.165, 1.54) is 0 Å². The molecule has 2 rings (SSSR count). The van der Waals surface area contributed by atoms with Crippen LogP contribution in [-0.2, 0) is 0 Å². The number of halogens is 1. The Kier molecular flexibility index (Phi) is 4.96. The highest BCUT2D eigenvalue weighted by Crippen LogP contribution is 2.20. The summed E-state index contributed by atoms with van der Waals surface area (Å²) in [5.41, 5.74) is 2.82. The second-order valence-electron chi connectivity index (χ2n) is 4.81. The minimum atomic E-state index is 0.0405. The van der Waals surface area contributed by atoms with Crippen molar-refractivity contribution in [2.75, 3.05) is 11.4 Å². The van der Waals surface area contributed by atoms with Crippen molar-refractivity contribution in [3.05, 3.63) is 64.1 Å². The molecule has 0 heterocycles. The average Bonchev–Trinajstić information content (AvgIpc) is 2.44. The highest BCUT2D eigenvalue weighted by atomic mass is 79.9. The zero-order chi connectivity index (χ0) is 14.5. The lowest BCUT2D eigenvalue weighted by molar-refractivity contribution is 0.0987. The maximum Gasteiger partial charge on any atom is 0.258 e. The molecule has 1 amide bonds. The van der Waals surface area contributed by atoms with Gasteiger partial charge in [-0.15, -0.1) is 0 Å². The van der Waals surface area contributed by atoms with Crippen LogP contribution >= 0.6 is 15.9 Å². The quantitative estimate of drug-likeness (QED) is 0.786. The molecule has 0 N–H and O–H groups in total. The van der Waals surface area contributed by atoms with Gasteiger partial charge in [0.15, 0.2) is 0 Å². The Morgan fingerprint density at radius 3 is 2.55 bits per heavy atom. The van der Waals surface area contributed by atoms with Crippen LogP contribution < -0.4 is 4.90 Å². The molecule has 0 aromatic heterocycles. The van der Waals surface area contributed by atoms with E-state index in [2.05, 4.69) is 22.9 Å². The summed E-state index contributed by atoms with van der Waals surface area (Å²) in [6.07, 6.45) is 0.924. The smallest absolute Gasteiger partial charge is 0.258 e. The summed E-state index contributed by atoms with van der Waals surface area (Å²) in [4.78, 5) is 14.5. The third kappa shape index (κ3) is 3.48. The van der Waals surface area contributed by atoms with E-state index in [0.29, 0.717) is 5.56 Å². The van der Waals surface area contributed by atoms with Gasteiger partial charge in [0.25, 0.3) is 5.91 Å². The summed E-state index contributed by atoms with van der Waals surface area (Å²) in [6.45, 7) is 4.84. The third-order valence-corrected chi connectivity index (χ3v) is 3.57. The van der Waals surface area contributed by atoms with Crippen molar-refractivity contribution in [2.24, 2.45) is 0 Å². The van der Waals surface area contributed by atoms with E-state index in [9.17, 15) is 4.79 Å². The standard InChI is InChI=1S/C17H18BrNO/c1-3-10-19(16-9-4-6-13(2)11-16)17(20)14-7-5-8-15(18)12-14/h4-9,11-12H,3,10H2,1-2H3. The molecule has 0 bridgehead atoms. The maximum absolute atomic E-state index is 12.7. The van der Waals surface area contributed by atoms with E-state index in [-0.39, 0.29) is 5.91 Å². The molecule has 0 atom stereocenters. The Labute approximate surface area is 128 Å². The Morgan fingerprint density at radius 1 is 1.15 bits per heavy atom. The highest BCUT2D eigenvalue weighted by molar-refractivity contribution is 9.10. The lowest BCUT2D eigenvalue weighted by Crippen LogP contribution is -2.31. The predicted octanol–water partition coefficient (Wildman–Crippen LogP) is 4.81. The first kappa shape index (κ1) is 14.8. The van der Waals surface area contributed by atoms with Gasteiger partial charge < -0.3 is 4.90 Å². The van der Waals surface area contributed by atoms with Crippen LogP contribution in [-0.4, -0.2) is 12.5 Å². The molecule has 0 spiro atoms. The van der Waals surface area contributed by atoms with Crippen molar-refractivity contribution in [1.29, 1.82) is 0 Å². The molecular weight excluding hydrogens is 314 g/mol. The molecule has 104 valence electrons. The number of benzene rings is 2. The van der Waals surface area contributed by atoms with Crippen molar-refractivity contribution in [1.82, 2.24) is 0 Å². The van der Waals surface area contributed by atoms with Crippen LogP contribution in [0.2, 0.25) is 0 Å². The fraction of sp³-hybridized carbons (Fsp3) is 0.235. The Hall–Kier alpha value is -1.61. The third-order valence-electron chi connectivity index (χ3n) is 3.08. The minimum Gasteiger partial charge on any atom is -0.308 e. The van der Waals surface area contributed by atoms with Crippen molar-refractivity contribution >= 4 is 27.5 Å². The normalized spacial score (nSPS) is 10.3. The molecule has 0 aliphatic rings. The number of carbonyl (C=O) groups excluding carboxylic acids is 1. The first-order valence-corrected chi connectivity index (χ1v) is 7.55. The van der Waals surface area contributed by atoms with Gasteiger partial charge in [-0.05, 0) is 49.2 Å². The number of aryl methyl sites for hydroxylation is 1. The molecule has 0 saturated heterocycles. The van der Waals surface area contributed by atoms with Gasteiger partial charge in [-0.2, -0.15) is 0 Å². The minimum absolute atomic E-state index is 0.0405. The maximum atomic E-state index is 12.7. The van der Waals surface area contributed by atoms with Crippen LogP contribution in [0.1, 0.15) is 29.3 Å². The van der Waals surface area contributed by atoms with Gasteiger partial charge in [0, 0.05) is 22.3 Å². The fourth-order valence-corrected chi connectivity index (χ4v) is 2.54. The average molecular weight is 332 g/mol. The molecule has 0 aliphatic heterocycles. The van der Waals surface area contributed by atoms with E-state index >= 15 is 0 Å². The molecule has 0 radical (unpaired) electrons. The summed E-state index contributed by atoms with van der Waals surface area (Å²) in [6, 6.07) is 15.6. The fourth-order valence-electron chi connectivity index (χ4n) is 2.14. The molecule has 2 aromatic rings. The number of amides is 1. The highest BCUT2D eigenvalue weighted by Gasteiger charge is 2.17. The first-order chi connectivity index (χ1) is 9.61. The summed E-state index contributed by atoms with van der Waals surface area (Å²) >= 11 is 3.42. The van der Waals surface area contributed by atoms with Gasteiger partial charge in [-0.25, -0.2) is 0 Å². The molecule has 2 aromatic carbocycles. The largest absolute Gasteiger partial charge is 0.308 e. The molecule has 0 aliphatic carbocycles. The van der Waals surface area contributed by atoms with E-state index in [1.807, 2.05) is 60.4 Å². The van der Waals surface area contributed by atoms with Crippen LogP contribution in [0, 0.1) is 6.92 Å². The van der Waals surface area contributed by atoms with Gasteiger partial charge in [0.2, 0.25) is 0 Å². The molecule has 0 unspecified atom stereocenters. The van der Waals surface area contributed by atoms with E-state index < -0.39 is 0 Å². The number of hydrogen-bond donors (Lipinski definition) is 0.